The van der Waals surface area contributed by atoms with E-state index in [0.29, 0.717) is 32.7 Å². The molecule has 3 nitrogen and oxygen atoms in total. The van der Waals surface area contributed by atoms with Gasteiger partial charge in [0.1, 0.15) is 11.2 Å². The third kappa shape index (κ3) is 3.22. The summed E-state index contributed by atoms with van der Waals surface area (Å²) in [7, 11) is 0. The van der Waals surface area contributed by atoms with Crippen LogP contribution < -0.4 is 10.6 Å². The van der Waals surface area contributed by atoms with Gasteiger partial charge in [0.2, 0.25) is 5.91 Å². The van der Waals surface area contributed by atoms with Crippen LogP contribution in [-0.2, 0) is 10.2 Å². The number of rotatable bonds is 2. The standard InChI is InChI=1S/C25H19Cl2FN2OS/c1-13-5-7-17(28)11-18(13)23-25(19-8-6-16(27)10-21(19)29-24(25)31)20(12-22(32)30-23)14-3-2-4-15(26)9-14/h2-11,20,23H,12H2,1H3,(H,29,31)(H,30,32). The first-order valence-electron chi connectivity index (χ1n) is 10.2. The van der Waals surface area contributed by atoms with Crippen LogP contribution in [-0.4, -0.2) is 10.9 Å². The molecular weight excluding hydrogens is 466 g/mol. The van der Waals surface area contributed by atoms with E-state index in [0.717, 1.165) is 16.7 Å². The van der Waals surface area contributed by atoms with Crippen molar-refractivity contribution in [2.24, 2.45) is 0 Å². The van der Waals surface area contributed by atoms with E-state index in [9.17, 15) is 9.18 Å². The second-order valence-electron chi connectivity index (χ2n) is 8.33. The molecule has 162 valence electrons. The fourth-order valence-electron chi connectivity index (χ4n) is 5.19. The van der Waals surface area contributed by atoms with Gasteiger partial charge in [-0.2, -0.15) is 0 Å². The van der Waals surface area contributed by atoms with Crippen LogP contribution in [0.1, 0.15) is 40.6 Å². The van der Waals surface area contributed by atoms with E-state index >= 15 is 0 Å². The highest BCUT2D eigenvalue weighted by atomic mass is 35.5. The highest BCUT2D eigenvalue weighted by Crippen LogP contribution is 2.58. The molecule has 1 amide bonds. The van der Waals surface area contributed by atoms with Crippen LogP contribution >= 0.6 is 35.4 Å². The summed E-state index contributed by atoms with van der Waals surface area (Å²) in [5, 5.41) is 7.51. The summed E-state index contributed by atoms with van der Waals surface area (Å²) in [6, 6.07) is 17.0. The number of fused-ring (bicyclic) bond motifs is 2. The van der Waals surface area contributed by atoms with Crippen LogP contribution in [0.25, 0.3) is 0 Å². The molecule has 0 radical (unpaired) electrons. The van der Waals surface area contributed by atoms with Gasteiger partial charge in [-0.1, -0.05) is 59.7 Å². The number of anilines is 1. The fraction of sp³-hybridized carbons (Fsp3) is 0.200. The van der Waals surface area contributed by atoms with Crippen LogP contribution in [0.2, 0.25) is 10.0 Å². The molecule has 3 aromatic carbocycles. The SMILES string of the molecule is Cc1ccc(F)cc1C1NC(=S)CC(c2cccc(Cl)c2)C12C(=O)Nc1cc(Cl)ccc12. The quantitative estimate of drug-likeness (QED) is 0.409. The van der Waals surface area contributed by atoms with E-state index < -0.39 is 11.5 Å². The Bertz CT molecular complexity index is 1280. The Kier molecular flexibility index (Phi) is 5.24. The maximum Gasteiger partial charge on any atom is 0.238 e. The smallest absolute Gasteiger partial charge is 0.238 e. The maximum absolute atomic E-state index is 14.4. The molecule has 2 N–H and O–H groups in total. The van der Waals surface area contributed by atoms with Crippen molar-refractivity contribution < 1.29 is 9.18 Å². The van der Waals surface area contributed by atoms with E-state index in [2.05, 4.69) is 10.6 Å². The van der Waals surface area contributed by atoms with Gasteiger partial charge >= 0.3 is 0 Å². The first-order chi connectivity index (χ1) is 15.3. The average molecular weight is 485 g/mol. The van der Waals surface area contributed by atoms with Crippen molar-refractivity contribution in [1.29, 1.82) is 0 Å². The molecule has 2 heterocycles. The van der Waals surface area contributed by atoms with Crippen molar-refractivity contribution in [2.45, 2.75) is 30.7 Å². The van der Waals surface area contributed by atoms with Gasteiger partial charge in [0.15, 0.2) is 0 Å². The highest BCUT2D eigenvalue weighted by Gasteiger charge is 2.60. The molecule has 1 saturated heterocycles. The first kappa shape index (κ1) is 21.4. The number of halogens is 3. The third-order valence-corrected chi connectivity index (χ3v) is 7.31. The number of amides is 1. The molecule has 1 spiro atoms. The lowest BCUT2D eigenvalue weighted by atomic mass is 9.59. The predicted octanol–water partition coefficient (Wildman–Crippen LogP) is 6.48. The number of aryl methyl sites for hydroxylation is 1. The molecule has 2 aliphatic rings. The topological polar surface area (TPSA) is 41.1 Å². The second kappa shape index (κ2) is 7.84. The number of hydrogen-bond acceptors (Lipinski definition) is 2. The molecule has 0 aliphatic carbocycles. The Balaban J connectivity index is 1.83. The maximum atomic E-state index is 14.4. The lowest BCUT2D eigenvalue weighted by molar-refractivity contribution is -0.123. The second-order valence-corrected chi connectivity index (χ2v) is 9.69. The third-order valence-electron chi connectivity index (χ3n) is 6.55. The Hall–Kier alpha value is -2.47. The first-order valence-corrected chi connectivity index (χ1v) is 11.4. The summed E-state index contributed by atoms with van der Waals surface area (Å²) in [4.78, 5) is 14.5. The van der Waals surface area contributed by atoms with Crippen LogP contribution in [0.4, 0.5) is 10.1 Å². The summed E-state index contributed by atoms with van der Waals surface area (Å²) >= 11 is 18.2. The summed E-state index contributed by atoms with van der Waals surface area (Å²) in [6.45, 7) is 1.91. The zero-order valence-electron chi connectivity index (χ0n) is 17.1. The van der Waals surface area contributed by atoms with E-state index in [1.807, 2.05) is 31.2 Å². The summed E-state index contributed by atoms with van der Waals surface area (Å²) in [5.74, 6) is -0.860. The molecule has 7 heteroatoms. The van der Waals surface area contributed by atoms with Crippen molar-refractivity contribution in [1.82, 2.24) is 5.32 Å². The zero-order chi connectivity index (χ0) is 22.6. The van der Waals surface area contributed by atoms with Crippen LogP contribution in [0.15, 0.2) is 60.7 Å². The molecule has 0 aromatic heterocycles. The van der Waals surface area contributed by atoms with Crippen LogP contribution in [0.5, 0.6) is 0 Å². The Labute approximate surface area is 200 Å². The highest BCUT2D eigenvalue weighted by molar-refractivity contribution is 7.80. The number of thiocarbonyl (C=S) groups is 1. The van der Waals surface area contributed by atoms with Crippen molar-refractivity contribution in [2.75, 3.05) is 5.32 Å². The average Bonchev–Trinajstić information content (AvgIpc) is 3.02. The van der Waals surface area contributed by atoms with Gasteiger partial charge in [0.05, 0.1) is 11.0 Å². The fourth-order valence-corrected chi connectivity index (χ4v) is 5.85. The molecule has 3 aromatic rings. The van der Waals surface area contributed by atoms with Gasteiger partial charge in [0, 0.05) is 28.1 Å². The molecule has 3 atom stereocenters. The molecule has 0 saturated carbocycles. The number of carbonyl (C=O) groups is 1. The minimum Gasteiger partial charge on any atom is -0.371 e. The zero-order valence-corrected chi connectivity index (χ0v) is 19.4. The summed E-state index contributed by atoms with van der Waals surface area (Å²) in [5.41, 5.74) is 2.85. The molecule has 2 aliphatic heterocycles. The monoisotopic (exact) mass is 484 g/mol. The van der Waals surface area contributed by atoms with Gasteiger partial charge in [0.25, 0.3) is 0 Å². The van der Waals surface area contributed by atoms with Crippen molar-refractivity contribution >= 4 is 52.0 Å². The van der Waals surface area contributed by atoms with E-state index in [-0.39, 0.29) is 17.6 Å². The van der Waals surface area contributed by atoms with Crippen LogP contribution in [0, 0.1) is 12.7 Å². The minimum absolute atomic E-state index is 0.177. The molecular formula is C25H19Cl2FN2OS. The number of nitrogens with one attached hydrogen (secondary N) is 2. The Morgan fingerprint density at radius 1 is 1.06 bits per heavy atom. The Morgan fingerprint density at radius 2 is 1.84 bits per heavy atom. The number of hydrogen-bond donors (Lipinski definition) is 2. The minimum atomic E-state index is -1.08. The largest absolute Gasteiger partial charge is 0.371 e. The molecule has 3 unspecified atom stereocenters. The normalized spacial score (nSPS) is 24.2. The summed E-state index contributed by atoms with van der Waals surface area (Å²) in [6.07, 6.45) is 0.454. The predicted molar refractivity (Wildman–Crippen MR) is 130 cm³/mol. The van der Waals surface area contributed by atoms with E-state index in [1.165, 1.54) is 12.1 Å². The van der Waals surface area contributed by atoms with E-state index in [4.69, 9.17) is 35.4 Å². The molecule has 1 fully saturated rings. The Morgan fingerprint density at radius 3 is 2.62 bits per heavy atom. The van der Waals surface area contributed by atoms with Crippen molar-refractivity contribution in [3.63, 3.8) is 0 Å². The van der Waals surface area contributed by atoms with Crippen LogP contribution in [0.3, 0.4) is 0 Å². The number of carbonyl (C=O) groups excluding carboxylic acids is 1. The van der Waals surface area contributed by atoms with Gasteiger partial charge in [-0.25, -0.2) is 4.39 Å². The summed E-state index contributed by atoms with van der Waals surface area (Å²) < 4.78 is 14.4. The van der Waals surface area contributed by atoms with Gasteiger partial charge in [-0.15, -0.1) is 0 Å². The van der Waals surface area contributed by atoms with E-state index in [1.54, 1.807) is 24.3 Å². The number of benzene rings is 3. The number of piperidine rings is 1. The molecule has 5 rings (SSSR count). The lowest BCUT2D eigenvalue weighted by Crippen LogP contribution is -2.56. The van der Waals surface area contributed by atoms with Gasteiger partial charge in [-0.3, -0.25) is 4.79 Å². The molecule has 32 heavy (non-hydrogen) atoms. The van der Waals surface area contributed by atoms with Crippen molar-refractivity contribution in [3.8, 4) is 0 Å². The van der Waals surface area contributed by atoms with Crippen molar-refractivity contribution in [3.05, 3.63) is 98.8 Å². The lowest BCUT2D eigenvalue weighted by Gasteiger charge is -2.47. The van der Waals surface area contributed by atoms with Gasteiger partial charge in [-0.05, 0) is 65.6 Å². The van der Waals surface area contributed by atoms with Gasteiger partial charge < -0.3 is 10.6 Å². The molecule has 0 bridgehead atoms.